The number of phenols is 1. The molecule has 178 valence electrons. The van der Waals surface area contributed by atoms with E-state index in [9.17, 15) is 14.7 Å². The number of amides is 1. The van der Waals surface area contributed by atoms with E-state index in [0.29, 0.717) is 49.7 Å². The predicted octanol–water partition coefficient (Wildman–Crippen LogP) is 3.29. The Balaban J connectivity index is 1.43. The molecule has 1 aliphatic heterocycles. The van der Waals surface area contributed by atoms with Crippen LogP contribution in [0.5, 0.6) is 5.75 Å². The van der Waals surface area contributed by atoms with Gasteiger partial charge in [-0.2, -0.15) is 0 Å². The molecule has 1 aromatic carbocycles. The van der Waals surface area contributed by atoms with Crippen LogP contribution in [0, 0.1) is 0 Å². The van der Waals surface area contributed by atoms with E-state index in [1.807, 2.05) is 17.0 Å². The van der Waals surface area contributed by atoms with Crippen molar-refractivity contribution in [2.24, 2.45) is 0 Å². The zero-order valence-electron chi connectivity index (χ0n) is 18.9. The summed E-state index contributed by atoms with van der Waals surface area (Å²) in [4.78, 5) is 27.1. The van der Waals surface area contributed by atoms with E-state index in [1.165, 1.54) is 0 Å². The van der Waals surface area contributed by atoms with Crippen LogP contribution in [0.15, 0.2) is 30.3 Å². The van der Waals surface area contributed by atoms with Gasteiger partial charge in [0.15, 0.2) is 5.82 Å². The number of rotatable bonds is 11. The minimum Gasteiger partial charge on any atom is -0.507 e. The quantitative estimate of drug-likeness (QED) is 0.440. The van der Waals surface area contributed by atoms with Crippen LogP contribution in [0.3, 0.4) is 0 Å². The fraction of sp³-hybridized carbons (Fsp3) is 0.500. The van der Waals surface area contributed by atoms with Crippen molar-refractivity contribution in [2.45, 2.75) is 51.4 Å². The lowest BCUT2D eigenvalue weighted by Gasteiger charge is -2.36. The van der Waals surface area contributed by atoms with Gasteiger partial charge in [0.2, 0.25) is 5.91 Å². The Morgan fingerprint density at radius 1 is 0.909 bits per heavy atom. The Morgan fingerprint density at radius 2 is 1.55 bits per heavy atom. The maximum Gasteiger partial charge on any atom is 0.303 e. The maximum atomic E-state index is 12.6. The normalized spacial score (nSPS) is 13.8. The van der Waals surface area contributed by atoms with Gasteiger partial charge in [-0.05, 0) is 31.0 Å². The lowest BCUT2D eigenvalue weighted by Crippen LogP contribution is -2.49. The van der Waals surface area contributed by atoms with Crippen molar-refractivity contribution >= 4 is 23.4 Å². The molecule has 2 heterocycles. The van der Waals surface area contributed by atoms with E-state index in [0.717, 1.165) is 44.2 Å². The van der Waals surface area contributed by atoms with Crippen LogP contribution in [-0.4, -0.2) is 63.4 Å². The monoisotopic (exact) mass is 455 g/mol. The molecule has 9 nitrogen and oxygen atoms in total. The van der Waals surface area contributed by atoms with E-state index in [1.54, 1.807) is 18.2 Å². The molecule has 1 amide bonds. The molecule has 9 heteroatoms. The lowest BCUT2D eigenvalue weighted by atomic mass is 10.1. The topological polar surface area (TPSA) is 133 Å². The summed E-state index contributed by atoms with van der Waals surface area (Å²) < 4.78 is 0. The van der Waals surface area contributed by atoms with Crippen molar-refractivity contribution in [3.8, 4) is 17.0 Å². The highest BCUT2D eigenvalue weighted by Crippen LogP contribution is 2.31. The maximum absolute atomic E-state index is 12.6. The Labute approximate surface area is 194 Å². The van der Waals surface area contributed by atoms with Crippen LogP contribution in [0.2, 0.25) is 0 Å². The summed E-state index contributed by atoms with van der Waals surface area (Å²) in [6.45, 7) is 2.57. The number of unbranched alkanes of at least 4 members (excludes halogenated alkanes) is 5. The summed E-state index contributed by atoms with van der Waals surface area (Å²) in [5.41, 5.74) is 8.00. The average Bonchev–Trinajstić information content (AvgIpc) is 2.81. The molecule has 1 aliphatic rings. The van der Waals surface area contributed by atoms with Crippen molar-refractivity contribution in [3.05, 3.63) is 30.3 Å². The number of hydrogen-bond donors (Lipinski definition) is 3. The number of nitrogens with two attached hydrogens (primary N) is 1. The first-order chi connectivity index (χ1) is 16.0. The third kappa shape index (κ3) is 7.06. The van der Waals surface area contributed by atoms with Crippen LogP contribution >= 0.6 is 0 Å². The molecule has 1 fully saturated rings. The number of benzene rings is 1. The first kappa shape index (κ1) is 24.3. The number of nitrogens with zero attached hydrogens (tertiary/aromatic N) is 4. The number of nitrogen functional groups attached to an aromatic ring is 1. The van der Waals surface area contributed by atoms with Gasteiger partial charge >= 0.3 is 5.97 Å². The third-order valence-corrected chi connectivity index (χ3v) is 5.99. The number of hydrogen-bond acceptors (Lipinski definition) is 7. The number of aromatic hydroxyl groups is 1. The predicted molar refractivity (Wildman–Crippen MR) is 127 cm³/mol. The third-order valence-electron chi connectivity index (χ3n) is 5.99. The van der Waals surface area contributed by atoms with E-state index in [4.69, 9.17) is 10.8 Å². The standard InChI is InChI=1S/C24H33N5O4/c25-24-20(17-19(26-27-24)18-9-7-8-10-21(18)30)28-13-15-29(16-14-28)22(31)11-5-3-1-2-4-6-12-23(32)33/h7-10,17,30H,1-6,11-16H2,(H2,25,27)(H,32,33). The first-order valence-electron chi connectivity index (χ1n) is 11.6. The van der Waals surface area contributed by atoms with Crippen molar-refractivity contribution in [2.75, 3.05) is 36.8 Å². The highest BCUT2D eigenvalue weighted by Gasteiger charge is 2.23. The van der Waals surface area contributed by atoms with Gasteiger partial charge in [0.1, 0.15) is 5.75 Å². The number of para-hydroxylation sites is 1. The highest BCUT2D eigenvalue weighted by atomic mass is 16.4. The Hall–Kier alpha value is -3.36. The van der Waals surface area contributed by atoms with Crippen molar-refractivity contribution in [1.82, 2.24) is 15.1 Å². The van der Waals surface area contributed by atoms with Crippen molar-refractivity contribution < 1.29 is 19.8 Å². The van der Waals surface area contributed by atoms with Gasteiger partial charge in [-0.25, -0.2) is 0 Å². The second kappa shape index (κ2) is 12.0. The number of carboxylic acids is 1. The summed E-state index contributed by atoms with van der Waals surface area (Å²) in [6, 6.07) is 8.81. The number of aliphatic carboxylic acids is 1. The second-order valence-corrected chi connectivity index (χ2v) is 8.40. The minimum atomic E-state index is -0.737. The van der Waals surface area contributed by atoms with Gasteiger partial charge in [0, 0.05) is 44.6 Å². The number of aromatic nitrogens is 2. The van der Waals surface area contributed by atoms with Crippen LogP contribution in [0.4, 0.5) is 11.5 Å². The molecule has 33 heavy (non-hydrogen) atoms. The van der Waals surface area contributed by atoms with Crippen LogP contribution < -0.4 is 10.6 Å². The molecule has 3 rings (SSSR count). The van der Waals surface area contributed by atoms with E-state index < -0.39 is 5.97 Å². The Kier molecular flexibility index (Phi) is 8.86. The number of carbonyl (C=O) groups is 2. The molecular formula is C24H33N5O4. The molecule has 0 radical (unpaired) electrons. The number of carbonyl (C=O) groups excluding carboxylic acids is 1. The zero-order chi connectivity index (χ0) is 23.6. The van der Waals surface area contributed by atoms with Gasteiger partial charge in [-0.15, -0.1) is 10.2 Å². The highest BCUT2D eigenvalue weighted by molar-refractivity contribution is 5.77. The zero-order valence-corrected chi connectivity index (χ0v) is 18.9. The molecule has 0 unspecified atom stereocenters. The summed E-state index contributed by atoms with van der Waals surface area (Å²) in [7, 11) is 0. The molecule has 0 aliphatic carbocycles. The molecule has 1 saturated heterocycles. The molecule has 0 atom stereocenters. The summed E-state index contributed by atoms with van der Waals surface area (Å²) in [5.74, 6) is -0.0914. The molecule has 0 saturated carbocycles. The fourth-order valence-corrected chi connectivity index (χ4v) is 4.08. The average molecular weight is 456 g/mol. The van der Waals surface area contributed by atoms with Crippen LogP contribution in [-0.2, 0) is 9.59 Å². The smallest absolute Gasteiger partial charge is 0.303 e. The van der Waals surface area contributed by atoms with Gasteiger partial charge < -0.3 is 25.7 Å². The van der Waals surface area contributed by atoms with Gasteiger partial charge in [-0.3, -0.25) is 9.59 Å². The van der Waals surface area contributed by atoms with E-state index in [-0.39, 0.29) is 18.1 Å². The minimum absolute atomic E-state index is 0.137. The Bertz CT molecular complexity index is 944. The molecule has 0 bridgehead atoms. The van der Waals surface area contributed by atoms with E-state index >= 15 is 0 Å². The van der Waals surface area contributed by atoms with Crippen molar-refractivity contribution in [3.63, 3.8) is 0 Å². The van der Waals surface area contributed by atoms with Gasteiger partial charge in [-0.1, -0.05) is 37.8 Å². The summed E-state index contributed by atoms with van der Waals surface area (Å²) >= 11 is 0. The van der Waals surface area contributed by atoms with Crippen molar-refractivity contribution in [1.29, 1.82) is 0 Å². The number of carboxylic acid groups (broad SMARTS) is 1. The SMILES string of the molecule is Nc1nnc(-c2ccccc2O)cc1N1CCN(C(=O)CCCCCCCCC(=O)O)CC1. The number of anilines is 2. The molecular weight excluding hydrogens is 422 g/mol. The molecule has 0 spiro atoms. The molecule has 4 N–H and O–H groups in total. The van der Waals surface area contributed by atoms with Crippen LogP contribution in [0.1, 0.15) is 51.4 Å². The second-order valence-electron chi connectivity index (χ2n) is 8.40. The number of piperazine rings is 1. The van der Waals surface area contributed by atoms with Crippen LogP contribution in [0.25, 0.3) is 11.3 Å². The van der Waals surface area contributed by atoms with Gasteiger partial charge in [0.25, 0.3) is 0 Å². The Morgan fingerprint density at radius 3 is 2.21 bits per heavy atom. The van der Waals surface area contributed by atoms with E-state index in [2.05, 4.69) is 15.1 Å². The van der Waals surface area contributed by atoms with Gasteiger partial charge in [0.05, 0.1) is 11.4 Å². The fourth-order valence-electron chi connectivity index (χ4n) is 4.08. The number of phenolic OH excluding ortho intramolecular Hbond substituents is 1. The largest absolute Gasteiger partial charge is 0.507 e. The molecule has 2 aromatic rings. The summed E-state index contributed by atoms with van der Waals surface area (Å²) in [6.07, 6.45) is 6.35. The first-order valence-corrected chi connectivity index (χ1v) is 11.6. The lowest BCUT2D eigenvalue weighted by molar-refractivity contribution is -0.137. The molecule has 1 aromatic heterocycles. The summed E-state index contributed by atoms with van der Waals surface area (Å²) in [5, 5.41) is 27.0.